The average molecular weight is 860 g/mol. The van der Waals surface area contributed by atoms with Gasteiger partial charge in [0.05, 0.1) is 18.8 Å². The van der Waals surface area contributed by atoms with E-state index in [0.29, 0.717) is 6.42 Å². The molecule has 0 saturated heterocycles. The van der Waals surface area contributed by atoms with E-state index in [1.165, 1.54) is 141 Å². The maximum Gasteiger partial charge on any atom is 0.220 e. The number of nitrogens with one attached hydrogen (secondary N) is 1. The average Bonchev–Trinajstić information content (AvgIpc) is 3.28. The molecule has 0 bridgehead atoms. The molecule has 62 heavy (non-hydrogen) atoms. The number of aliphatic hydroxyl groups excluding tert-OH is 2. The molecule has 0 saturated carbocycles. The molecular weight excluding hydrogens is 759 g/mol. The van der Waals surface area contributed by atoms with Gasteiger partial charge in [-0.25, -0.2) is 0 Å². The highest BCUT2D eigenvalue weighted by Gasteiger charge is 2.17. The molecule has 1 amide bonds. The first-order valence-corrected chi connectivity index (χ1v) is 26.5. The maximum atomic E-state index is 12.4. The highest BCUT2D eigenvalue weighted by Crippen LogP contribution is 2.16. The molecule has 0 aromatic carbocycles. The van der Waals surface area contributed by atoms with Gasteiger partial charge in [-0.2, -0.15) is 0 Å². The van der Waals surface area contributed by atoms with E-state index in [0.717, 1.165) is 83.5 Å². The zero-order chi connectivity index (χ0) is 44.9. The molecule has 0 aliphatic rings. The van der Waals surface area contributed by atoms with Crippen LogP contribution in [0.1, 0.15) is 245 Å². The summed E-state index contributed by atoms with van der Waals surface area (Å²) >= 11 is 0. The zero-order valence-electron chi connectivity index (χ0n) is 40.9. The van der Waals surface area contributed by atoms with Gasteiger partial charge in [0.2, 0.25) is 5.91 Å². The lowest BCUT2D eigenvalue weighted by atomic mass is 10.0. The van der Waals surface area contributed by atoms with Gasteiger partial charge in [-0.15, -0.1) is 0 Å². The van der Waals surface area contributed by atoms with Crippen molar-refractivity contribution >= 4 is 5.91 Å². The smallest absolute Gasteiger partial charge is 0.220 e. The van der Waals surface area contributed by atoms with Crippen molar-refractivity contribution in [3.8, 4) is 0 Å². The Labute approximate surface area is 385 Å². The molecule has 0 fully saturated rings. The topological polar surface area (TPSA) is 69.6 Å². The number of hydrogen-bond donors (Lipinski definition) is 3. The fourth-order valence-electron chi connectivity index (χ4n) is 7.53. The molecule has 2 atom stereocenters. The summed E-state index contributed by atoms with van der Waals surface area (Å²) in [4.78, 5) is 12.4. The van der Waals surface area contributed by atoms with E-state index in [1.54, 1.807) is 6.08 Å². The monoisotopic (exact) mass is 860 g/mol. The van der Waals surface area contributed by atoms with Crippen molar-refractivity contribution in [2.75, 3.05) is 6.61 Å². The molecule has 0 aromatic rings. The molecule has 356 valence electrons. The van der Waals surface area contributed by atoms with Crippen molar-refractivity contribution in [2.45, 2.75) is 257 Å². The molecule has 4 nitrogen and oxygen atoms in total. The lowest BCUT2D eigenvalue weighted by molar-refractivity contribution is -0.123. The third-order valence-corrected chi connectivity index (χ3v) is 11.5. The second kappa shape index (κ2) is 52.7. The van der Waals surface area contributed by atoms with Gasteiger partial charge >= 0.3 is 0 Å². The van der Waals surface area contributed by atoms with Gasteiger partial charge in [0, 0.05) is 6.42 Å². The highest BCUT2D eigenvalue weighted by molar-refractivity contribution is 5.76. The lowest BCUT2D eigenvalue weighted by Gasteiger charge is -2.19. The van der Waals surface area contributed by atoms with Crippen molar-refractivity contribution < 1.29 is 15.0 Å². The van der Waals surface area contributed by atoms with E-state index in [1.807, 2.05) is 6.08 Å². The summed E-state index contributed by atoms with van der Waals surface area (Å²) in [6.07, 6.45) is 78.5. The molecule has 0 aliphatic carbocycles. The van der Waals surface area contributed by atoms with Crippen LogP contribution in [-0.2, 0) is 4.79 Å². The van der Waals surface area contributed by atoms with Crippen LogP contribution in [0.25, 0.3) is 0 Å². The molecule has 3 N–H and O–H groups in total. The second-order valence-corrected chi connectivity index (χ2v) is 17.5. The third kappa shape index (κ3) is 48.3. The van der Waals surface area contributed by atoms with Crippen molar-refractivity contribution in [3.05, 3.63) is 97.2 Å². The van der Waals surface area contributed by atoms with Gasteiger partial charge in [-0.05, 0) is 89.9 Å². The van der Waals surface area contributed by atoms with Crippen LogP contribution in [0.15, 0.2) is 97.2 Å². The minimum Gasteiger partial charge on any atom is -0.394 e. The van der Waals surface area contributed by atoms with Crippen LogP contribution < -0.4 is 5.32 Å². The van der Waals surface area contributed by atoms with Gasteiger partial charge in [0.1, 0.15) is 0 Å². The van der Waals surface area contributed by atoms with E-state index in [2.05, 4.69) is 104 Å². The first-order chi connectivity index (χ1) is 30.7. The summed E-state index contributed by atoms with van der Waals surface area (Å²) in [6, 6.07) is -0.670. The first kappa shape index (κ1) is 59.3. The van der Waals surface area contributed by atoms with Crippen LogP contribution >= 0.6 is 0 Å². The number of carbonyl (C=O) groups excluding carboxylic acids is 1. The van der Waals surface area contributed by atoms with Crippen LogP contribution in [0.5, 0.6) is 0 Å². The van der Waals surface area contributed by atoms with Gasteiger partial charge < -0.3 is 15.5 Å². The highest BCUT2D eigenvalue weighted by atomic mass is 16.3. The van der Waals surface area contributed by atoms with Crippen LogP contribution in [0.4, 0.5) is 0 Å². The summed E-state index contributed by atoms with van der Waals surface area (Å²) in [7, 11) is 0. The SMILES string of the molecule is CC/C=C\C/C=C\C/C=C\C/C=C\C/C=C\CCCCCC(=O)NC(CO)C(O)/C=C/CC/C=C/CC/C=C/CCCCCCCCCCCCCCCCCCCCCCC. The number of hydrogen-bond acceptors (Lipinski definition) is 3. The predicted molar refractivity (Wildman–Crippen MR) is 276 cm³/mol. The Bertz CT molecular complexity index is 1160. The Kier molecular flexibility index (Phi) is 50.4. The molecule has 0 rings (SSSR count). The van der Waals surface area contributed by atoms with E-state index < -0.39 is 12.1 Å². The normalized spacial score (nSPS) is 13.7. The van der Waals surface area contributed by atoms with Crippen molar-refractivity contribution in [1.82, 2.24) is 5.32 Å². The van der Waals surface area contributed by atoms with Gasteiger partial charge in [0.15, 0.2) is 0 Å². The summed E-state index contributed by atoms with van der Waals surface area (Å²) in [5.74, 6) is -0.112. The molecule has 0 aliphatic heterocycles. The van der Waals surface area contributed by atoms with Crippen LogP contribution in [0, 0.1) is 0 Å². The zero-order valence-corrected chi connectivity index (χ0v) is 40.9. The summed E-state index contributed by atoms with van der Waals surface area (Å²) < 4.78 is 0. The molecule has 0 heterocycles. The quantitative estimate of drug-likeness (QED) is 0.0422. The van der Waals surface area contributed by atoms with Crippen molar-refractivity contribution in [2.24, 2.45) is 0 Å². The number of amides is 1. The van der Waals surface area contributed by atoms with E-state index in [4.69, 9.17) is 0 Å². The fourth-order valence-corrected chi connectivity index (χ4v) is 7.53. The van der Waals surface area contributed by atoms with Gasteiger partial charge in [0.25, 0.3) is 0 Å². The molecular formula is C58H101NO3. The van der Waals surface area contributed by atoms with Crippen molar-refractivity contribution in [1.29, 1.82) is 0 Å². The number of rotatable bonds is 47. The van der Waals surface area contributed by atoms with Crippen LogP contribution in [0.2, 0.25) is 0 Å². The number of aliphatic hydroxyl groups is 2. The van der Waals surface area contributed by atoms with Gasteiger partial charge in [-0.1, -0.05) is 246 Å². The Balaban J connectivity index is 3.63. The largest absolute Gasteiger partial charge is 0.394 e. The minimum absolute atomic E-state index is 0.112. The summed E-state index contributed by atoms with van der Waals surface area (Å²) in [6.45, 7) is 4.17. The van der Waals surface area contributed by atoms with Crippen LogP contribution in [-0.4, -0.2) is 34.9 Å². The lowest BCUT2D eigenvalue weighted by Crippen LogP contribution is -2.45. The van der Waals surface area contributed by atoms with E-state index in [9.17, 15) is 15.0 Å². The molecule has 2 unspecified atom stereocenters. The minimum atomic E-state index is -0.892. The second-order valence-electron chi connectivity index (χ2n) is 17.5. The van der Waals surface area contributed by atoms with Gasteiger partial charge in [-0.3, -0.25) is 4.79 Å². The third-order valence-electron chi connectivity index (χ3n) is 11.5. The predicted octanol–water partition coefficient (Wildman–Crippen LogP) is 17.4. The van der Waals surface area contributed by atoms with E-state index in [-0.39, 0.29) is 12.5 Å². The Morgan fingerprint density at radius 1 is 0.403 bits per heavy atom. The number of unbranched alkanes of at least 4 members (excludes halogenated alkanes) is 26. The number of carbonyl (C=O) groups is 1. The Morgan fingerprint density at radius 3 is 1.13 bits per heavy atom. The Hall–Kier alpha value is -2.69. The summed E-state index contributed by atoms with van der Waals surface area (Å²) in [5.41, 5.74) is 0. The molecule has 4 heteroatoms. The van der Waals surface area contributed by atoms with Crippen molar-refractivity contribution in [3.63, 3.8) is 0 Å². The molecule has 0 spiro atoms. The Morgan fingerprint density at radius 2 is 0.726 bits per heavy atom. The fraction of sp³-hybridized carbons (Fsp3) is 0.707. The molecule has 0 radical (unpaired) electrons. The van der Waals surface area contributed by atoms with Crippen LogP contribution in [0.3, 0.4) is 0 Å². The maximum absolute atomic E-state index is 12.4. The number of allylic oxidation sites excluding steroid dienone is 15. The standard InChI is InChI=1S/C58H101NO3/c1-3-5-7-9-11-13-15-17-19-21-23-24-25-26-27-28-29-30-31-32-33-34-36-37-39-41-43-45-47-49-51-53-57(61)56(55-60)59-58(62)54-52-50-48-46-44-42-40-38-35-22-20-18-16-14-12-10-8-6-4-2/h6,8,12,14,18,20,35-38,42-45,51,53,56-57,60-61H,3-5,7,9-11,13,15-17,19,21-34,39-41,46-50,52,54-55H2,1-2H3,(H,59,62)/b8-6-,14-12-,20-18-,37-36+,38-35-,44-42-,45-43+,53-51+. The molecule has 0 aromatic heterocycles. The summed E-state index contributed by atoms with van der Waals surface area (Å²) in [5, 5.41) is 23.1. The first-order valence-electron chi connectivity index (χ1n) is 26.5. The van der Waals surface area contributed by atoms with E-state index >= 15 is 0 Å².